The molecule has 18 heavy (non-hydrogen) atoms. The van der Waals surface area contributed by atoms with E-state index in [2.05, 4.69) is 31.0 Å². The van der Waals surface area contributed by atoms with Crippen molar-refractivity contribution in [3.63, 3.8) is 0 Å². The van der Waals surface area contributed by atoms with Crippen molar-refractivity contribution in [2.45, 2.75) is 59.4 Å². The smallest absolute Gasteiger partial charge is 0.237 e. The highest BCUT2D eigenvalue weighted by molar-refractivity contribution is 5.81. The zero-order chi connectivity index (χ0) is 13.8. The second kappa shape index (κ2) is 6.55. The lowest BCUT2D eigenvalue weighted by atomic mass is 9.64. The third-order valence-electron chi connectivity index (χ3n) is 4.43. The Morgan fingerprint density at radius 1 is 1.33 bits per heavy atom. The van der Waals surface area contributed by atoms with Crippen molar-refractivity contribution >= 4 is 5.91 Å². The highest BCUT2D eigenvalue weighted by Gasteiger charge is 2.37. The minimum absolute atomic E-state index is 0.0221. The third-order valence-corrected chi connectivity index (χ3v) is 4.43. The van der Waals surface area contributed by atoms with E-state index in [1.165, 1.54) is 25.7 Å². The Morgan fingerprint density at radius 2 is 1.94 bits per heavy atom. The first-order valence-electron chi connectivity index (χ1n) is 7.38. The van der Waals surface area contributed by atoms with Gasteiger partial charge < -0.3 is 5.32 Å². The van der Waals surface area contributed by atoms with Crippen LogP contribution in [-0.2, 0) is 4.79 Å². The van der Waals surface area contributed by atoms with Gasteiger partial charge in [-0.25, -0.2) is 0 Å². The fourth-order valence-corrected chi connectivity index (χ4v) is 2.89. The quantitative estimate of drug-likeness (QED) is 0.757. The third kappa shape index (κ3) is 3.98. The zero-order valence-electron chi connectivity index (χ0n) is 12.8. The van der Waals surface area contributed by atoms with Gasteiger partial charge in [0.25, 0.3) is 0 Å². The molecule has 106 valence electrons. The molecule has 1 aliphatic carbocycles. The number of amides is 1. The summed E-state index contributed by atoms with van der Waals surface area (Å²) in [5, 5.41) is 3.17. The van der Waals surface area contributed by atoms with Crippen molar-refractivity contribution in [3.8, 4) is 0 Å². The van der Waals surface area contributed by atoms with Crippen molar-refractivity contribution in [2.24, 2.45) is 11.3 Å². The average Bonchev–Trinajstić information content (AvgIpc) is 2.29. The summed E-state index contributed by atoms with van der Waals surface area (Å²) in [5.41, 5.74) is 0.397. The maximum Gasteiger partial charge on any atom is 0.237 e. The minimum Gasteiger partial charge on any atom is -0.354 e. The lowest BCUT2D eigenvalue weighted by Crippen LogP contribution is -2.48. The number of nitrogens with one attached hydrogen (secondary N) is 1. The molecule has 0 heterocycles. The van der Waals surface area contributed by atoms with Crippen molar-refractivity contribution < 1.29 is 4.79 Å². The molecule has 0 aromatic heterocycles. The van der Waals surface area contributed by atoms with Gasteiger partial charge in [0.1, 0.15) is 0 Å². The van der Waals surface area contributed by atoms with Crippen molar-refractivity contribution in [1.29, 1.82) is 0 Å². The second-order valence-electron chi connectivity index (χ2n) is 6.42. The summed E-state index contributed by atoms with van der Waals surface area (Å²) < 4.78 is 0. The highest BCUT2D eigenvalue weighted by atomic mass is 16.2. The lowest BCUT2D eigenvalue weighted by molar-refractivity contribution is -0.126. The zero-order valence-corrected chi connectivity index (χ0v) is 12.8. The molecule has 1 rings (SSSR count). The van der Waals surface area contributed by atoms with Gasteiger partial charge in [-0.1, -0.05) is 27.2 Å². The summed E-state index contributed by atoms with van der Waals surface area (Å²) >= 11 is 0. The van der Waals surface area contributed by atoms with Crippen molar-refractivity contribution in [3.05, 3.63) is 0 Å². The van der Waals surface area contributed by atoms with E-state index in [1.807, 2.05) is 14.0 Å². The number of hydrogen-bond donors (Lipinski definition) is 1. The fourth-order valence-electron chi connectivity index (χ4n) is 2.89. The summed E-state index contributed by atoms with van der Waals surface area (Å²) in [5.74, 6) is 0.896. The molecule has 3 heteroatoms. The van der Waals surface area contributed by atoms with E-state index in [0.717, 1.165) is 19.0 Å². The standard InChI is InChI=1S/C15H30N2O/c1-6-17(5)13(4)14(18)16-11-15(8-7-9-15)10-12(2)3/h12-13H,6-11H2,1-5H3,(H,16,18). The molecule has 1 saturated carbocycles. The summed E-state index contributed by atoms with van der Waals surface area (Å²) in [6.07, 6.45) is 5.13. The Morgan fingerprint density at radius 3 is 2.33 bits per heavy atom. The van der Waals surface area contributed by atoms with Gasteiger partial charge in [0.2, 0.25) is 5.91 Å². The van der Waals surface area contributed by atoms with Crippen LogP contribution in [0, 0.1) is 11.3 Å². The molecule has 0 radical (unpaired) electrons. The number of hydrogen-bond acceptors (Lipinski definition) is 2. The molecule has 1 N–H and O–H groups in total. The molecule has 0 aromatic carbocycles. The molecule has 1 fully saturated rings. The van der Waals surface area contributed by atoms with Crippen molar-refractivity contribution in [1.82, 2.24) is 10.2 Å². The minimum atomic E-state index is -0.0221. The predicted molar refractivity (Wildman–Crippen MR) is 76.5 cm³/mol. The predicted octanol–water partition coefficient (Wildman–Crippen LogP) is 2.66. The Kier molecular flexibility index (Phi) is 5.64. The molecule has 0 aliphatic heterocycles. The molecule has 1 aliphatic rings. The monoisotopic (exact) mass is 254 g/mol. The Balaban J connectivity index is 2.41. The molecular weight excluding hydrogens is 224 g/mol. The first kappa shape index (κ1) is 15.5. The Labute approximate surface area is 112 Å². The number of rotatable bonds is 7. The second-order valence-corrected chi connectivity index (χ2v) is 6.42. The van der Waals surface area contributed by atoms with E-state index < -0.39 is 0 Å². The molecule has 3 nitrogen and oxygen atoms in total. The van der Waals surface area contributed by atoms with Crippen LogP contribution < -0.4 is 5.32 Å². The normalized spacial score (nSPS) is 19.7. The Hall–Kier alpha value is -0.570. The van der Waals surface area contributed by atoms with Crippen LogP contribution in [0.5, 0.6) is 0 Å². The molecule has 0 saturated heterocycles. The number of nitrogens with zero attached hydrogens (tertiary/aromatic N) is 1. The molecule has 0 bridgehead atoms. The summed E-state index contributed by atoms with van der Waals surface area (Å²) in [7, 11) is 2.00. The van der Waals surface area contributed by atoms with Gasteiger partial charge in [-0.05, 0) is 51.1 Å². The van der Waals surface area contributed by atoms with Gasteiger partial charge in [0, 0.05) is 6.54 Å². The van der Waals surface area contributed by atoms with Gasteiger partial charge >= 0.3 is 0 Å². The van der Waals surface area contributed by atoms with Gasteiger partial charge in [0.05, 0.1) is 6.04 Å². The highest BCUT2D eigenvalue weighted by Crippen LogP contribution is 2.45. The van der Waals surface area contributed by atoms with Crippen LogP contribution >= 0.6 is 0 Å². The number of carbonyl (C=O) groups is 1. The maximum absolute atomic E-state index is 12.1. The van der Waals surface area contributed by atoms with Gasteiger partial charge in [-0.2, -0.15) is 0 Å². The van der Waals surface area contributed by atoms with E-state index in [9.17, 15) is 4.79 Å². The Bertz CT molecular complexity index is 272. The topological polar surface area (TPSA) is 32.3 Å². The van der Waals surface area contributed by atoms with E-state index in [4.69, 9.17) is 0 Å². The van der Waals surface area contributed by atoms with E-state index in [0.29, 0.717) is 5.41 Å². The van der Waals surface area contributed by atoms with E-state index in [-0.39, 0.29) is 11.9 Å². The van der Waals surface area contributed by atoms with Crippen LogP contribution in [0.4, 0.5) is 0 Å². The van der Waals surface area contributed by atoms with Crippen LogP contribution in [0.2, 0.25) is 0 Å². The number of carbonyl (C=O) groups excluding carboxylic acids is 1. The van der Waals surface area contributed by atoms with Crippen LogP contribution in [0.25, 0.3) is 0 Å². The van der Waals surface area contributed by atoms with Crippen LogP contribution in [0.1, 0.15) is 53.4 Å². The summed E-state index contributed by atoms with van der Waals surface area (Å²) in [6, 6.07) is -0.0221. The average molecular weight is 254 g/mol. The molecular formula is C15H30N2O. The summed E-state index contributed by atoms with van der Waals surface area (Å²) in [4.78, 5) is 14.1. The van der Waals surface area contributed by atoms with Gasteiger partial charge in [-0.15, -0.1) is 0 Å². The van der Waals surface area contributed by atoms with Gasteiger partial charge in [-0.3, -0.25) is 9.69 Å². The molecule has 0 spiro atoms. The SMILES string of the molecule is CCN(C)C(C)C(=O)NCC1(CC(C)C)CCC1. The number of likely N-dealkylation sites (N-methyl/N-ethyl adjacent to an activating group) is 1. The lowest BCUT2D eigenvalue weighted by Gasteiger charge is -2.43. The molecule has 1 atom stereocenters. The van der Waals surface area contributed by atoms with Crippen LogP contribution in [0.3, 0.4) is 0 Å². The largest absolute Gasteiger partial charge is 0.354 e. The fraction of sp³-hybridized carbons (Fsp3) is 0.933. The molecule has 1 amide bonds. The maximum atomic E-state index is 12.1. The van der Waals surface area contributed by atoms with E-state index >= 15 is 0 Å². The van der Waals surface area contributed by atoms with Crippen molar-refractivity contribution in [2.75, 3.05) is 20.1 Å². The molecule has 1 unspecified atom stereocenters. The van der Waals surface area contributed by atoms with Crippen LogP contribution in [0.15, 0.2) is 0 Å². The van der Waals surface area contributed by atoms with Crippen LogP contribution in [-0.4, -0.2) is 37.0 Å². The van der Waals surface area contributed by atoms with E-state index in [1.54, 1.807) is 0 Å². The molecule has 0 aromatic rings. The van der Waals surface area contributed by atoms with Gasteiger partial charge in [0.15, 0.2) is 0 Å². The first-order valence-corrected chi connectivity index (χ1v) is 7.38. The first-order chi connectivity index (χ1) is 8.40. The summed E-state index contributed by atoms with van der Waals surface area (Å²) in [6.45, 7) is 10.4.